The molecule has 0 aromatic rings. The highest BCUT2D eigenvalue weighted by Gasteiger charge is 2.66. The monoisotopic (exact) mass is 220 g/mol. The first-order valence-corrected chi connectivity index (χ1v) is 6.28. The van der Waals surface area contributed by atoms with Gasteiger partial charge in [0.2, 0.25) is 0 Å². The fourth-order valence-electron chi connectivity index (χ4n) is 4.57. The highest BCUT2D eigenvalue weighted by atomic mass is 16.5. The fourth-order valence-corrected chi connectivity index (χ4v) is 4.57. The zero-order chi connectivity index (χ0) is 10.9. The van der Waals surface area contributed by atoms with Gasteiger partial charge in [-0.05, 0) is 24.4 Å². The zero-order valence-corrected chi connectivity index (χ0v) is 9.41. The van der Waals surface area contributed by atoms with Crippen LogP contribution in [0, 0.1) is 16.5 Å². The quantitative estimate of drug-likeness (QED) is 0.455. The molecule has 5 nitrogen and oxygen atoms in total. The van der Waals surface area contributed by atoms with Crippen molar-refractivity contribution in [3.05, 3.63) is 5.21 Å². The smallest absolute Gasteiger partial charge is 0.197 e. The molecule has 0 radical (unpaired) electrons. The molecule has 2 saturated carbocycles. The molecule has 0 N–H and O–H groups in total. The third-order valence-corrected chi connectivity index (χ3v) is 5.34. The Morgan fingerprint density at radius 3 is 2.62 bits per heavy atom. The molecule has 4 heterocycles. The minimum Gasteiger partial charge on any atom is -0.600 e. The Morgan fingerprint density at radius 2 is 1.94 bits per heavy atom. The molecule has 2 fully saturated rings. The van der Waals surface area contributed by atoms with Crippen LogP contribution in [0.4, 0.5) is 0 Å². The first-order valence-electron chi connectivity index (χ1n) is 6.28. The van der Waals surface area contributed by atoms with Crippen molar-refractivity contribution in [1.82, 2.24) is 0 Å². The molecule has 4 aliphatic heterocycles. The van der Waals surface area contributed by atoms with Gasteiger partial charge in [0, 0.05) is 12.3 Å². The van der Waals surface area contributed by atoms with Crippen molar-refractivity contribution < 1.29 is 4.86 Å². The van der Waals surface area contributed by atoms with Crippen molar-refractivity contribution in [2.45, 2.75) is 56.8 Å². The standard InChI is InChI=1S/C11H16N4O/c1-11-8-4-2-6(12-13-8)10(11)7-3-5-9(11)15(16)14-7/h6-10H,2-5H2,1H3/t6?,7?,8-,9+,10?,11+/m1/s1. The molecule has 0 aromatic heterocycles. The van der Waals surface area contributed by atoms with Gasteiger partial charge in [0.25, 0.3) is 0 Å². The van der Waals surface area contributed by atoms with Crippen molar-refractivity contribution in [1.29, 1.82) is 0 Å². The van der Waals surface area contributed by atoms with Gasteiger partial charge in [-0.25, -0.2) is 0 Å². The second-order valence-corrected chi connectivity index (χ2v) is 5.86. The van der Waals surface area contributed by atoms with Gasteiger partial charge in [0.1, 0.15) is 6.04 Å². The Bertz CT molecular complexity index is 407. The van der Waals surface area contributed by atoms with E-state index in [0.29, 0.717) is 12.0 Å². The van der Waals surface area contributed by atoms with Crippen LogP contribution in [0.2, 0.25) is 0 Å². The maximum Gasteiger partial charge on any atom is 0.197 e. The third-order valence-electron chi connectivity index (χ3n) is 5.34. The van der Waals surface area contributed by atoms with E-state index in [2.05, 4.69) is 22.3 Å². The van der Waals surface area contributed by atoms with Gasteiger partial charge in [-0.1, -0.05) is 11.8 Å². The predicted octanol–water partition coefficient (Wildman–Crippen LogP) is 2.11. The van der Waals surface area contributed by atoms with Gasteiger partial charge in [0.15, 0.2) is 6.04 Å². The van der Waals surface area contributed by atoms with Crippen LogP contribution >= 0.6 is 0 Å². The van der Waals surface area contributed by atoms with Crippen molar-refractivity contribution in [3.63, 3.8) is 0 Å². The first kappa shape index (κ1) is 9.07. The largest absolute Gasteiger partial charge is 0.600 e. The van der Waals surface area contributed by atoms with E-state index in [9.17, 15) is 5.21 Å². The average molecular weight is 220 g/mol. The average Bonchev–Trinajstić information content (AvgIpc) is 2.30. The van der Waals surface area contributed by atoms with Gasteiger partial charge in [-0.15, -0.1) is 0 Å². The maximum absolute atomic E-state index is 11.9. The maximum atomic E-state index is 11.9. The number of azo groups is 2. The molecule has 3 unspecified atom stereocenters. The van der Waals surface area contributed by atoms with Crippen molar-refractivity contribution in [3.8, 4) is 0 Å². The summed E-state index contributed by atoms with van der Waals surface area (Å²) in [6, 6.07) is 0.858. The summed E-state index contributed by atoms with van der Waals surface area (Å²) in [7, 11) is 0. The molecule has 6 atom stereocenters. The first-order chi connectivity index (χ1) is 7.71. The number of hydrogen-bond acceptors (Lipinski definition) is 4. The molecule has 6 aliphatic rings. The third kappa shape index (κ3) is 0.812. The SMILES string of the molecule is C[C@]12C(C3CC[C@H]1N=N3)C1CC[C@@H]2[N+]([O-])=N1. The topological polar surface area (TPSA) is 63.1 Å². The van der Waals surface area contributed by atoms with Crippen molar-refractivity contribution in [2.24, 2.45) is 26.7 Å². The molecule has 0 saturated heterocycles. The van der Waals surface area contributed by atoms with E-state index in [4.69, 9.17) is 0 Å². The summed E-state index contributed by atoms with van der Waals surface area (Å²) in [5, 5.41) is 25.0. The van der Waals surface area contributed by atoms with Crippen LogP contribution in [-0.2, 0) is 0 Å². The van der Waals surface area contributed by atoms with Crippen LogP contribution in [0.1, 0.15) is 32.6 Å². The lowest BCUT2D eigenvalue weighted by Crippen LogP contribution is -2.66. The van der Waals surface area contributed by atoms with Crippen LogP contribution in [-0.4, -0.2) is 29.0 Å². The summed E-state index contributed by atoms with van der Waals surface area (Å²) >= 11 is 0. The van der Waals surface area contributed by atoms with Gasteiger partial charge in [0.05, 0.1) is 17.5 Å². The van der Waals surface area contributed by atoms with Gasteiger partial charge in [-0.3, -0.25) is 0 Å². The van der Waals surface area contributed by atoms with Crippen LogP contribution in [0.25, 0.3) is 0 Å². The molecule has 6 rings (SSSR count). The summed E-state index contributed by atoms with van der Waals surface area (Å²) in [5.41, 5.74) is 0.0388. The van der Waals surface area contributed by atoms with E-state index in [1.54, 1.807) is 0 Å². The van der Waals surface area contributed by atoms with Crippen LogP contribution in [0.15, 0.2) is 15.3 Å². The Morgan fingerprint density at radius 1 is 1.12 bits per heavy atom. The minimum absolute atomic E-state index is 0.0388. The van der Waals surface area contributed by atoms with E-state index in [0.717, 1.165) is 30.5 Å². The second-order valence-electron chi connectivity index (χ2n) is 5.86. The van der Waals surface area contributed by atoms with E-state index in [-0.39, 0.29) is 23.5 Å². The Kier molecular flexibility index (Phi) is 1.49. The van der Waals surface area contributed by atoms with Crippen LogP contribution < -0.4 is 0 Å². The number of fused-ring (bicyclic) bond motifs is 2. The van der Waals surface area contributed by atoms with Crippen LogP contribution in [0.5, 0.6) is 0 Å². The van der Waals surface area contributed by atoms with E-state index < -0.39 is 0 Å². The van der Waals surface area contributed by atoms with Crippen molar-refractivity contribution in [2.75, 3.05) is 0 Å². The van der Waals surface area contributed by atoms with Gasteiger partial charge < -0.3 is 5.21 Å². The summed E-state index contributed by atoms with van der Waals surface area (Å²) < 4.78 is 0. The lowest BCUT2D eigenvalue weighted by atomic mass is 9.52. The molecule has 0 aromatic carbocycles. The number of rotatable bonds is 0. The molecule has 0 amide bonds. The predicted molar refractivity (Wildman–Crippen MR) is 56.1 cm³/mol. The Balaban J connectivity index is 1.90. The highest BCUT2D eigenvalue weighted by Crippen LogP contribution is 2.58. The van der Waals surface area contributed by atoms with Gasteiger partial charge >= 0.3 is 0 Å². The minimum atomic E-state index is 0.0388. The van der Waals surface area contributed by atoms with E-state index in [1.165, 1.54) is 0 Å². The normalized spacial score (nSPS) is 57.3. The molecule has 86 valence electrons. The number of hydroxylamine groups is 1. The second kappa shape index (κ2) is 2.63. The summed E-state index contributed by atoms with van der Waals surface area (Å²) in [6.07, 6.45) is 4.32. The lowest BCUT2D eigenvalue weighted by Gasteiger charge is -2.57. The Hall–Kier alpha value is -1.00. The van der Waals surface area contributed by atoms with Gasteiger partial charge in [-0.2, -0.15) is 10.2 Å². The van der Waals surface area contributed by atoms with Crippen LogP contribution in [0.3, 0.4) is 0 Å². The fraction of sp³-hybridized carbons (Fsp3) is 1.00. The highest BCUT2D eigenvalue weighted by molar-refractivity contribution is 5.14. The number of nitrogens with zero attached hydrogens (tertiary/aromatic N) is 4. The lowest BCUT2D eigenvalue weighted by molar-refractivity contribution is -0.616. The molecule has 0 spiro atoms. The molecule has 5 heteroatoms. The zero-order valence-electron chi connectivity index (χ0n) is 9.41. The molecule has 16 heavy (non-hydrogen) atoms. The molecular formula is C11H16N4O. The van der Waals surface area contributed by atoms with E-state index >= 15 is 0 Å². The van der Waals surface area contributed by atoms with E-state index in [1.807, 2.05) is 0 Å². The molecule has 2 aliphatic carbocycles. The molecular weight excluding hydrogens is 204 g/mol. The Labute approximate surface area is 94.2 Å². The van der Waals surface area contributed by atoms with Crippen molar-refractivity contribution >= 4 is 0 Å². The summed E-state index contributed by atoms with van der Waals surface area (Å²) in [6.45, 7) is 2.25. The number of hydrogen-bond donors (Lipinski definition) is 0. The summed E-state index contributed by atoms with van der Waals surface area (Å²) in [4.78, 5) is 0.987. The molecule has 4 bridgehead atoms. The summed E-state index contributed by atoms with van der Waals surface area (Å²) in [5.74, 6) is 0.479.